The van der Waals surface area contributed by atoms with Crippen molar-refractivity contribution in [3.05, 3.63) is 29.3 Å². The lowest BCUT2D eigenvalue weighted by Crippen LogP contribution is -2.41. The summed E-state index contributed by atoms with van der Waals surface area (Å²) in [4.78, 5) is 12.1. The third-order valence-corrected chi connectivity index (χ3v) is 5.04. The number of hydrogen-bond acceptors (Lipinski definition) is 4. The standard InChI is InChI=1S/C17H23BO4/c1-16(2)17(3,4)22-18(21-16)14-10-12(11-6-7-11)8-9-13(14)15(19)20-5/h8-11H,6-7H2,1-5H3. The molecule has 22 heavy (non-hydrogen) atoms. The third kappa shape index (κ3) is 2.57. The van der Waals surface area contributed by atoms with Gasteiger partial charge in [-0.15, -0.1) is 0 Å². The van der Waals surface area contributed by atoms with Crippen LogP contribution in [0.2, 0.25) is 0 Å². The van der Waals surface area contributed by atoms with Crippen LogP contribution < -0.4 is 5.46 Å². The molecule has 0 atom stereocenters. The van der Waals surface area contributed by atoms with Crippen molar-refractivity contribution in [2.75, 3.05) is 7.11 Å². The van der Waals surface area contributed by atoms with Crippen LogP contribution in [0.3, 0.4) is 0 Å². The van der Waals surface area contributed by atoms with Crippen molar-refractivity contribution in [2.24, 2.45) is 0 Å². The SMILES string of the molecule is COC(=O)c1ccc(C2CC2)cc1B1OC(C)(C)C(C)(C)O1. The van der Waals surface area contributed by atoms with E-state index in [0.29, 0.717) is 11.5 Å². The average Bonchev–Trinajstić information content (AvgIpc) is 3.26. The highest BCUT2D eigenvalue weighted by Crippen LogP contribution is 2.41. The van der Waals surface area contributed by atoms with Crippen molar-refractivity contribution < 1.29 is 18.8 Å². The van der Waals surface area contributed by atoms with Crippen molar-refractivity contribution in [1.82, 2.24) is 0 Å². The van der Waals surface area contributed by atoms with Gasteiger partial charge in [-0.05, 0) is 63.5 Å². The Bertz CT molecular complexity index is 589. The van der Waals surface area contributed by atoms with Gasteiger partial charge >= 0.3 is 13.1 Å². The number of methoxy groups -OCH3 is 1. The second-order valence-electron chi connectivity index (χ2n) is 7.20. The van der Waals surface area contributed by atoms with Gasteiger partial charge in [0, 0.05) is 0 Å². The molecule has 0 unspecified atom stereocenters. The molecule has 2 aliphatic rings. The van der Waals surface area contributed by atoms with E-state index in [4.69, 9.17) is 14.0 Å². The van der Waals surface area contributed by atoms with Crippen LogP contribution in [0.4, 0.5) is 0 Å². The number of carbonyl (C=O) groups is 1. The van der Waals surface area contributed by atoms with Gasteiger partial charge in [-0.3, -0.25) is 0 Å². The lowest BCUT2D eigenvalue weighted by molar-refractivity contribution is 0.00578. The first-order valence-electron chi connectivity index (χ1n) is 7.83. The molecule has 2 fully saturated rings. The Labute approximate surface area is 132 Å². The number of rotatable bonds is 3. The Kier molecular flexibility index (Phi) is 3.61. The summed E-state index contributed by atoms with van der Waals surface area (Å²) in [5.74, 6) is 0.250. The molecule has 0 bridgehead atoms. The van der Waals surface area contributed by atoms with E-state index in [1.54, 1.807) is 0 Å². The Morgan fingerprint density at radius 1 is 1.18 bits per heavy atom. The van der Waals surface area contributed by atoms with Gasteiger partial charge in [0.1, 0.15) is 0 Å². The van der Waals surface area contributed by atoms with E-state index in [2.05, 4.69) is 0 Å². The summed E-state index contributed by atoms with van der Waals surface area (Å²) in [5, 5.41) is 0. The van der Waals surface area contributed by atoms with Crippen LogP contribution in [0.5, 0.6) is 0 Å². The molecule has 3 rings (SSSR count). The molecular formula is C17H23BO4. The fourth-order valence-corrected chi connectivity index (χ4v) is 2.71. The lowest BCUT2D eigenvalue weighted by Gasteiger charge is -2.32. The zero-order chi connectivity index (χ0) is 16.1. The molecule has 1 heterocycles. The maximum absolute atomic E-state index is 12.1. The number of hydrogen-bond donors (Lipinski definition) is 0. The number of ether oxygens (including phenoxy) is 1. The van der Waals surface area contributed by atoms with Gasteiger partial charge in [0.2, 0.25) is 0 Å². The van der Waals surface area contributed by atoms with Gasteiger partial charge < -0.3 is 14.0 Å². The molecule has 1 saturated heterocycles. The van der Waals surface area contributed by atoms with Gasteiger partial charge in [-0.25, -0.2) is 4.79 Å². The Hall–Kier alpha value is -1.33. The highest BCUT2D eigenvalue weighted by atomic mass is 16.7. The first-order chi connectivity index (χ1) is 10.2. The van der Waals surface area contributed by atoms with E-state index in [1.807, 2.05) is 45.9 Å². The smallest absolute Gasteiger partial charge is 0.465 e. The van der Waals surface area contributed by atoms with Gasteiger partial charge in [-0.1, -0.05) is 12.1 Å². The highest BCUT2D eigenvalue weighted by Gasteiger charge is 2.52. The fraction of sp³-hybridized carbons (Fsp3) is 0.588. The van der Waals surface area contributed by atoms with Crippen molar-refractivity contribution in [1.29, 1.82) is 0 Å². The Morgan fingerprint density at radius 2 is 1.77 bits per heavy atom. The van der Waals surface area contributed by atoms with Crippen LogP contribution in [0, 0.1) is 0 Å². The van der Waals surface area contributed by atoms with Crippen LogP contribution in [-0.4, -0.2) is 31.4 Å². The van der Waals surface area contributed by atoms with Crippen LogP contribution in [0.1, 0.15) is 62.4 Å². The summed E-state index contributed by atoms with van der Waals surface area (Å²) in [7, 11) is 0.850. The molecule has 0 spiro atoms. The van der Waals surface area contributed by atoms with Crippen molar-refractivity contribution >= 4 is 18.6 Å². The van der Waals surface area contributed by atoms with Gasteiger partial charge in [0.15, 0.2) is 0 Å². The molecule has 0 radical (unpaired) electrons. The minimum absolute atomic E-state index is 0.355. The predicted octanol–water partition coefficient (Wildman–Crippen LogP) is 2.65. The molecule has 0 aromatic heterocycles. The zero-order valence-corrected chi connectivity index (χ0v) is 13.9. The summed E-state index contributed by atoms with van der Waals surface area (Å²) in [6.45, 7) is 8.04. The van der Waals surface area contributed by atoms with Crippen LogP contribution in [0.15, 0.2) is 18.2 Å². The van der Waals surface area contributed by atoms with Crippen LogP contribution >= 0.6 is 0 Å². The minimum atomic E-state index is -0.544. The molecule has 5 heteroatoms. The number of esters is 1. The quantitative estimate of drug-likeness (QED) is 0.636. The van der Waals surface area contributed by atoms with Crippen molar-refractivity contribution in [3.63, 3.8) is 0 Å². The maximum atomic E-state index is 12.1. The maximum Gasteiger partial charge on any atom is 0.495 e. The molecule has 0 amide bonds. The molecular weight excluding hydrogens is 279 g/mol. The lowest BCUT2D eigenvalue weighted by atomic mass is 9.74. The molecule has 1 aromatic carbocycles. The normalized spacial score (nSPS) is 22.7. The van der Waals surface area contributed by atoms with Crippen molar-refractivity contribution in [3.8, 4) is 0 Å². The van der Waals surface area contributed by atoms with Crippen molar-refractivity contribution in [2.45, 2.75) is 57.7 Å². The molecule has 1 aliphatic carbocycles. The third-order valence-electron chi connectivity index (χ3n) is 5.04. The monoisotopic (exact) mass is 302 g/mol. The van der Waals surface area contributed by atoms with Gasteiger partial charge in [0.25, 0.3) is 0 Å². The molecule has 0 N–H and O–H groups in total. The Balaban J connectivity index is 2.01. The van der Waals surface area contributed by atoms with Gasteiger partial charge in [0.05, 0.1) is 23.9 Å². The highest BCUT2D eigenvalue weighted by molar-refractivity contribution is 6.63. The van der Waals surface area contributed by atoms with Crippen LogP contribution in [-0.2, 0) is 14.0 Å². The van der Waals surface area contributed by atoms with Gasteiger partial charge in [-0.2, -0.15) is 0 Å². The summed E-state index contributed by atoms with van der Waals surface area (Å²) in [6, 6.07) is 5.89. The number of carbonyl (C=O) groups excluding carboxylic acids is 1. The molecule has 118 valence electrons. The van der Waals surface area contributed by atoms with E-state index in [0.717, 1.165) is 5.46 Å². The first-order valence-corrected chi connectivity index (χ1v) is 7.83. The minimum Gasteiger partial charge on any atom is -0.465 e. The number of benzene rings is 1. The molecule has 4 nitrogen and oxygen atoms in total. The molecule has 1 saturated carbocycles. The van der Waals surface area contributed by atoms with E-state index >= 15 is 0 Å². The largest absolute Gasteiger partial charge is 0.495 e. The summed E-state index contributed by atoms with van der Waals surface area (Å²) >= 11 is 0. The van der Waals surface area contributed by atoms with E-state index < -0.39 is 18.3 Å². The second kappa shape index (κ2) is 5.10. The topological polar surface area (TPSA) is 44.8 Å². The molecule has 1 aliphatic heterocycles. The molecule has 1 aromatic rings. The van der Waals surface area contributed by atoms with E-state index in [9.17, 15) is 4.79 Å². The summed E-state index contributed by atoms with van der Waals surface area (Å²) < 4.78 is 17.1. The van der Waals surface area contributed by atoms with E-state index in [-0.39, 0.29) is 5.97 Å². The fourth-order valence-electron chi connectivity index (χ4n) is 2.71. The first kappa shape index (κ1) is 15.6. The average molecular weight is 302 g/mol. The second-order valence-corrected chi connectivity index (χ2v) is 7.20. The van der Waals surface area contributed by atoms with E-state index in [1.165, 1.54) is 25.5 Å². The van der Waals surface area contributed by atoms with Crippen LogP contribution in [0.25, 0.3) is 0 Å². The predicted molar refractivity (Wildman–Crippen MR) is 85.5 cm³/mol. The summed E-state index contributed by atoms with van der Waals surface area (Å²) in [6.07, 6.45) is 2.42. The summed E-state index contributed by atoms with van der Waals surface area (Å²) in [5.41, 5.74) is 1.68. The Morgan fingerprint density at radius 3 is 2.27 bits per heavy atom. The zero-order valence-electron chi connectivity index (χ0n) is 13.9.